The van der Waals surface area contributed by atoms with Crippen LogP contribution in [-0.4, -0.2) is 55.8 Å². The van der Waals surface area contributed by atoms with Crippen LogP contribution < -0.4 is 0 Å². The summed E-state index contributed by atoms with van der Waals surface area (Å²) in [5.74, 6) is -0.0304. The maximum Gasteiger partial charge on any atom is 0.410 e. The molecule has 5 rings (SSSR count). The van der Waals surface area contributed by atoms with Crippen LogP contribution in [0.3, 0.4) is 0 Å². The van der Waals surface area contributed by atoms with E-state index in [9.17, 15) is 14.9 Å². The van der Waals surface area contributed by atoms with Gasteiger partial charge in [-0.05, 0) is 68.1 Å². The molecule has 0 radical (unpaired) electrons. The number of hydrogen-bond acceptors (Lipinski definition) is 5. The number of aromatic nitrogens is 2. The molecule has 2 amide bonds. The first kappa shape index (κ1) is 23.6. The van der Waals surface area contributed by atoms with Gasteiger partial charge in [0, 0.05) is 31.0 Å². The number of benzene rings is 2. The number of likely N-dealkylation sites (tertiary alicyclic amines) is 1. The molecule has 2 aromatic carbocycles. The third-order valence-corrected chi connectivity index (χ3v) is 6.68. The van der Waals surface area contributed by atoms with Crippen LogP contribution in [0.25, 0.3) is 11.1 Å². The van der Waals surface area contributed by atoms with Crippen LogP contribution in [0, 0.1) is 11.3 Å². The van der Waals surface area contributed by atoms with Crippen molar-refractivity contribution in [3.8, 4) is 17.2 Å². The number of nitriles is 1. The quantitative estimate of drug-likeness (QED) is 0.547. The highest BCUT2D eigenvalue weighted by atomic mass is 16.6. The molecule has 0 spiro atoms. The van der Waals surface area contributed by atoms with E-state index in [4.69, 9.17) is 4.74 Å². The van der Waals surface area contributed by atoms with Gasteiger partial charge in [0.05, 0.1) is 30.3 Å². The van der Waals surface area contributed by atoms with Crippen LogP contribution in [0.5, 0.6) is 0 Å². The van der Waals surface area contributed by atoms with E-state index in [0.717, 1.165) is 16.7 Å². The number of rotatable bonds is 4. The average molecular weight is 484 g/mol. The first-order chi connectivity index (χ1) is 17.2. The fraction of sp³-hybridized carbons (Fsp3) is 0.357. The third-order valence-electron chi connectivity index (χ3n) is 6.68. The monoisotopic (exact) mass is 483 g/mol. The molecule has 36 heavy (non-hydrogen) atoms. The summed E-state index contributed by atoms with van der Waals surface area (Å²) in [4.78, 5) is 30.2. The molecule has 8 heteroatoms. The molecule has 0 N–H and O–H groups in total. The van der Waals surface area contributed by atoms with E-state index in [1.807, 2.05) is 79.0 Å². The minimum absolute atomic E-state index is 0.0304. The van der Waals surface area contributed by atoms with E-state index in [1.54, 1.807) is 17.2 Å². The molecule has 2 aliphatic heterocycles. The van der Waals surface area contributed by atoms with Gasteiger partial charge in [0.1, 0.15) is 5.60 Å². The first-order valence-electron chi connectivity index (χ1n) is 12.1. The lowest BCUT2D eigenvalue weighted by molar-refractivity contribution is 0.0199. The van der Waals surface area contributed by atoms with Crippen LogP contribution in [0.4, 0.5) is 4.79 Å². The Morgan fingerprint density at radius 2 is 1.97 bits per heavy atom. The lowest BCUT2D eigenvalue weighted by Crippen LogP contribution is -2.43. The van der Waals surface area contributed by atoms with Gasteiger partial charge >= 0.3 is 6.09 Å². The van der Waals surface area contributed by atoms with Crippen LogP contribution in [0.2, 0.25) is 0 Å². The van der Waals surface area contributed by atoms with E-state index in [2.05, 4.69) is 11.2 Å². The summed E-state index contributed by atoms with van der Waals surface area (Å²) in [5.41, 5.74) is 3.43. The van der Waals surface area contributed by atoms with E-state index in [0.29, 0.717) is 37.2 Å². The lowest BCUT2D eigenvalue weighted by atomic mass is 9.99. The summed E-state index contributed by atoms with van der Waals surface area (Å²) < 4.78 is 7.50. The molecule has 3 heterocycles. The van der Waals surface area contributed by atoms with E-state index < -0.39 is 5.60 Å². The summed E-state index contributed by atoms with van der Waals surface area (Å²) in [5, 5.41) is 13.5. The van der Waals surface area contributed by atoms with Crippen LogP contribution in [0.1, 0.15) is 48.7 Å². The van der Waals surface area contributed by atoms with E-state index >= 15 is 0 Å². The molecular weight excluding hydrogens is 454 g/mol. The zero-order valence-corrected chi connectivity index (χ0v) is 20.7. The van der Waals surface area contributed by atoms with Crippen LogP contribution in [-0.2, 0) is 17.8 Å². The molecule has 2 atom stereocenters. The summed E-state index contributed by atoms with van der Waals surface area (Å²) in [6.45, 7) is 7.02. The van der Waals surface area contributed by atoms with Crippen molar-refractivity contribution in [2.75, 3.05) is 6.54 Å². The Hall–Kier alpha value is -4.12. The molecule has 0 bridgehead atoms. The number of hydrogen-bond donors (Lipinski definition) is 0. The number of carbonyl (C=O) groups is 2. The van der Waals surface area contributed by atoms with Crippen molar-refractivity contribution < 1.29 is 14.3 Å². The zero-order chi connectivity index (χ0) is 25.4. The molecule has 2 aliphatic rings. The maximum absolute atomic E-state index is 13.5. The molecule has 0 aliphatic carbocycles. The fourth-order valence-corrected chi connectivity index (χ4v) is 5.03. The van der Waals surface area contributed by atoms with Gasteiger partial charge < -0.3 is 14.5 Å². The highest BCUT2D eigenvalue weighted by Crippen LogP contribution is 2.34. The van der Waals surface area contributed by atoms with Gasteiger partial charge in [-0.2, -0.15) is 10.4 Å². The highest BCUT2D eigenvalue weighted by Gasteiger charge is 2.43. The molecule has 3 aromatic rings. The van der Waals surface area contributed by atoms with Crippen molar-refractivity contribution >= 4 is 12.0 Å². The van der Waals surface area contributed by atoms with Crippen molar-refractivity contribution in [2.45, 2.75) is 58.0 Å². The second kappa shape index (κ2) is 9.15. The Balaban J connectivity index is 1.37. The average Bonchev–Trinajstić information content (AvgIpc) is 3.58. The van der Waals surface area contributed by atoms with Crippen molar-refractivity contribution in [3.63, 3.8) is 0 Å². The molecule has 0 unspecified atom stereocenters. The summed E-state index contributed by atoms with van der Waals surface area (Å²) in [6, 6.07) is 17.0. The molecule has 1 fully saturated rings. The van der Waals surface area contributed by atoms with Gasteiger partial charge in [-0.1, -0.05) is 24.3 Å². The van der Waals surface area contributed by atoms with Crippen molar-refractivity contribution in [3.05, 3.63) is 77.6 Å². The summed E-state index contributed by atoms with van der Waals surface area (Å²) in [6.07, 6.45) is 3.87. The van der Waals surface area contributed by atoms with Gasteiger partial charge in [-0.25, -0.2) is 4.79 Å². The zero-order valence-electron chi connectivity index (χ0n) is 20.7. The normalized spacial score (nSPS) is 19.3. The van der Waals surface area contributed by atoms with Crippen molar-refractivity contribution in [1.29, 1.82) is 5.26 Å². The highest BCUT2D eigenvalue weighted by molar-refractivity contribution is 5.99. The Kier molecular flexibility index (Phi) is 6.00. The fourth-order valence-electron chi connectivity index (χ4n) is 5.03. The Bertz CT molecular complexity index is 1340. The number of carbonyl (C=O) groups excluding carboxylic acids is 2. The number of nitrogens with zero attached hydrogens (tertiary/aromatic N) is 5. The number of fused-ring (bicyclic) bond motifs is 1. The Morgan fingerprint density at radius 1 is 1.17 bits per heavy atom. The lowest BCUT2D eigenvalue weighted by Gasteiger charge is -2.28. The van der Waals surface area contributed by atoms with Gasteiger partial charge in [0.2, 0.25) is 0 Å². The second-order valence-electron chi connectivity index (χ2n) is 10.4. The summed E-state index contributed by atoms with van der Waals surface area (Å²) >= 11 is 0. The van der Waals surface area contributed by atoms with Crippen molar-refractivity contribution in [2.24, 2.45) is 0 Å². The number of ether oxygens (including phenoxy) is 1. The standard InChI is InChI=1S/C28H29N5O3/c1-28(2,3)36-27(35)33-18-24(14-23(33)17-31-11-5-10-30-31)32-16-22-9-8-21(13-25(22)26(32)34)20-7-4-6-19(12-20)15-29/h4-13,23-24H,14,16-18H2,1-3H3/t23-,24+/m0/s1. The van der Waals surface area contributed by atoms with Gasteiger partial charge in [0.25, 0.3) is 5.91 Å². The molecule has 8 nitrogen and oxygen atoms in total. The van der Waals surface area contributed by atoms with Gasteiger partial charge in [0.15, 0.2) is 0 Å². The molecule has 1 saturated heterocycles. The van der Waals surface area contributed by atoms with E-state index in [1.165, 1.54) is 0 Å². The molecule has 1 aromatic heterocycles. The third kappa shape index (κ3) is 4.69. The van der Waals surface area contributed by atoms with Gasteiger partial charge in [-0.3, -0.25) is 9.48 Å². The van der Waals surface area contributed by atoms with Crippen LogP contribution >= 0.6 is 0 Å². The predicted molar refractivity (Wildman–Crippen MR) is 134 cm³/mol. The molecular formula is C28H29N5O3. The van der Waals surface area contributed by atoms with E-state index in [-0.39, 0.29) is 24.1 Å². The first-order valence-corrected chi connectivity index (χ1v) is 12.1. The van der Waals surface area contributed by atoms with Crippen molar-refractivity contribution in [1.82, 2.24) is 19.6 Å². The topological polar surface area (TPSA) is 91.5 Å². The minimum atomic E-state index is -0.607. The minimum Gasteiger partial charge on any atom is -0.444 e. The van der Waals surface area contributed by atoms with Gasteiger partial charge in [-0.15, -0.1) is 0 Å². The maximum atomic E-state index is 13.5. The molecule has 184 valence electrons. The van der Waals surface area contributed by atoms with Crippen LogP contribution in [0.15, 0.2) is 60.9 Å². The molecule has 0 saturated carbocycles. The predicted octanol–water partition coefficient (Wildman–Crippen LogP) is 4.46. The SMILES string of the molecule is CC(C)(C)OC(=O)N1C[C@H](N2Cc3ccc(-c4cccc(C#N)c4)cc3C2=O)C[C@H]1Cn1cccn1. The largest absolute Gasteiger partial charge is 0.444 e. The Labute approximate surface area is 210 Å². The smallest absolute Gasteiger partial charge is 0.410 e. The number of amides is 2. The second-order valence-corrected chi connectivity index (χ2v) is 10.4. The Morgan fingerprint density at radius 3 is 2.69 bits per heavy atom. The summed E-state index contributed by atoms with van der Waals surface area (Å²) in [7, 11) is 0.